The molecule has 2 heteroatoms. The molecule has 472 valence electrons. The molecule has 0 amide bonds. The first-order valence-corrected chi connectivity index (χ1v) is 35.2. The van der Waals surface area contributed by atoms with Gasteiger partial charge in [-0.15, -0.1) is 0 Å². The van der Waals surface area contributed by atoms with Gasteiger partial charge in [0.25, 0.3) is 0 Å². The van der Waals surface area contributed by atoms with Gasteiger partial charge in [-0.3, -0.25) is 0 Å². The van der Waals surface area contributed by atoms with Crippen molar-refractivity contribution in [1.82, 2.24) is 0 Å². The molecule has 0 radical (unpaired) electrons. The summed E-state index contributed by atoms with van der Waals surface area (Å²) in [6, 6.07) is 134. The molecule has 21 aromatic rings. The van der Waals surface area contributed by atoms with Crippen molar-refractivity contribution in [1.29, 1.82) is 0 Å². The third kappa shape index (κ3) is 9.06. The van der Waals surface area contributed by atoms with Gasteiger partial charge in [0.15, 0.2) is 0 Å². The average Bonchev–Trinajstić information content (AvgIpc) is 1.03. The van der Waals surface area contributed by atoms with Gasteiger partial charge in [0.1, 0.15) is 22.3 Å². The van der Waals surface area contributed by atoms with Gasteiger partial charge in [-0.25, -0.2) is 0 Å². The van der Waals surface area contributed by atoms with Crippen molar-refractivity contribution in [3.8, 4) is 100 Å². The lowest BCUT2D eigenvalue weighted by molar-refractivity contribution is 0.669. The largest absolute Gasteiger partial charge is 0.456 e. The number of hydrogen-bond acceptors (Lipinski definition) is 2. The van der Waals surface area contributed by atoms with Crippen molar-refractivity contribution in [2.75, 3.05) is 0 Å². The predicted molar refractivity (Wildman–Crippen MR) is 432 cm³/mol. The molecule has 0 unspecified atom stereocenters. The van der Waals surface area contributed by atoms with Crippen molar-refractivity contribution < 1.29 is 8.83 Å². The Bertz CT molecular complexity index is 6950. The van der Waals surface area contributed by atoms with Gasteiger partial charge in [0, 0.05) is 27.1 Å². The average molecular weight is 1290 g/mol. The monoisotopic (exact) mass is 1290 g/mol. The quantitative estimate of drug-likeness (QED) is 0.135. The van der Waals surface area contributed by atoms with Gasteiger partial charge < -0.3 is 8.83 Å². The van der Waals surface area contributed by atoms with Crippen LogP contribution in [0.4, 0.5) is 0 Å². The van der Waals surface area contributed by atoms with Crippen LogP contribution < -0.4 is 0 Å². The molecule has 0 saturated heterocycles. The van der Waals surface area contributed by atoms with Crippen molar-refractivity contribution in [2.45, 2.75) is 0 Å². The third-order valence-corrected chi connectivity index (χ3v) is 21.6. The second-order valence-corrected chi connectivity index (χ2v) is 27.2. The van der Waals surface area contributed by atoms with Crippen molar-refractivity contribution in [2.24, 2.45) is 0 Å². The number of rotatable bonds is 9. The van der Waals surface area contributed by atoms with E-state index in [2.05, 4.69) is 364 Å². The van der Waals surface area contributed by atoms with Gasteiger partial charge >= 0.3 is 0 Å². The van der Waals surface area contributed by atoms with Crippen LogP contribution in [-0.4, -0.2) is 0 Å². The zero-order chi connectivity index (χ0) is 66.9. The standard InChI is InChI=1S/C100H60O2/c1-2-25-63(26-3-1)89-60-95-91(75-30-18-19-46-93(75)101-95)59-92(89)99-83-38-16-14-36-81(83)98(82-37-15-17-39-84(82)99)85-53-51-68(57-88(85)67-50-48-62-24-5-7-28-65(62)56-67)70-40-20-42-73-72(70)41-21-43-74(73)86-44-22-45-87-90-58-69(52-54-94(90)102-100(86)87)96-77-32-10-12-34-79(77)97(80-35-13-11-33-78(80)96)76-31-9-8-29-71(76)66-49-47-61-23-4-6-27-64(61)55-66/h1-60H. The van der Waals surface area contributed by atoms with E-state index in [0.717, 1.165) is 99.3 Å². The Morgan fingerprint density at radius 2 is 0.539 bits per heavy atom. The number of hydrogen-bond donors (Lipinski definition) is 0. The van der Waals surface area contributed by atoms with E-state index in [9.17, 15) is 0 Å². The molecule has 2 heterocycles. The first-order chi connectivity index (χ1) is 50.6. The van der Waals surface area contributed by atoms with E-state index in [1.165, 1.54) is 120 Å². The molecule has 2 aromatic heterocycles. The Hall–Kier alpha value is -13.4. The fourth-order valence-electron chi connectivity index (χ4n) is 17.1. The van der Waals surface area contributed by atoms with E-state index in [1.807, 2.05) is 0 Å². The first-order valence-electron chi connectivity index (χ1n) is 35.2. The van der Waals surface area contributed by atoms with Gasteiger partial charge in [-0.1, -0.05) is 315 Å². The second kappa shape index (κ2) is 23.1. The van der Waals surface area contributed by atoms with Crippen LogP contribution in [0.5, 0.6) is 0 Å². The van der Waals surface area contributed by atoms with Gasteiger partial charge in [0.05, 0.1) is 0 Å². The minimum atomic E-state index is 0.856. The van der Waals surface area contributed by atoms with Crippen LogP contribution >= 0.6 is 0 Å². The number of fused-ring (bicyclic) bond motifs is 13. The van der Waals surface area contributed by atoms with Crippen LogP contribution in [0.25, 0.3) is 219 Å². The summed E-state index contributed by atoms with van der Waals surface area (Å²) >= 11 is 0. The van der Waals surface area contributed by atoms with E-state index >= 15 is 0 Å². The minimum absolute atomic E-state index is 0.856. The summed E-state index contributed by atoms with van der Waals surface area (Å²) in [5.41, 5.74) is 24.5. The topological polar surface area (TPSA) is 26.3 Å². The zero-order valence-electron chi connectivity index (χ0n) is 55.5. The smallest absolute Gasteiger partial charge is 0.143 e. The van der Waals surface area contributed by atoms with Crippen LogP contribution in [0.1, 0.15) is 0 Å². The minimum Gasteiger partial charge on any atom is -0.456 e. The molecular formula is C100H60O2. The highest BCUT2D eigenvalue weighted by molar-refractivity contribution is 6.27. The predicted octanol–water partition coefficient (Wildman–Crippen LogP) is 28.6. The van der Waals surface area contributed by atoms with Crippen LogP contribution in [0, 0.1) is 0 Å². The van der Waals surface area contributed by atoms with Crippen molar-refractivity contribution >= 4 is 119 Å². The summed E-state index contributed by atoms with van der Waals surface area (Å²) < 4.78 is 13.7. The van der Waals surface area contributed by atoms with Crippen LogP contribution in [0.15, 0.2) is 373 Å². The SMILES string of the molecule is c1ccc(-c2cc3oc4ccccc4c3cc2-c2c3ccccc3c(-c3ccc(-c4cccc5c(-c6cccc7c6oc6ccc(-c8c9ccccc9c(-c9ccccc9-c9ccc%10ccccc%10c9)c9ccccc89)cc67)cccc45)cc3-c3ccc4ccccc4c3)c3ccccc23)cc1. The molecule has 102 heavy (non-hydrogen) atoms. The Labute approximate surface area is 588 Å². The Morgan fingerprint density at radius 3 is 1.17 bits per heavy atom. The molecule has 0 N–H and O–H groups in total. The molecule has 0 aliphatic carbocycles. The molecule has 0 bridgehead atoms. The Kier molecular flexibility index (Phi) is 13.1. The van der Waals surface area contributed by atoms with Crippen molar-refractivity contribution in [3.05, 3.63) is 364 Å². The van der Waals surface area contributed by atoms with E-state index in [-0.39, 0.29) is 0 Å². The van der Waals surface area contributed by atoms with Gasteiger partial charge in [-0.05, 0) is 219 Å². The lowest BCUT2D eigenvalue weighted by Gasteiger charge is -2.22. The molecule has 0 aliphatic rings. The van der Waals surface area contributed by atoms with Gasteiger partial charge in [0.2, 0.25) is 0 Å². The fourth-order valence-corrected chi connectivity index (χ4v) is 17.1. The van der Waals surface area contributed by atoms with Gasteiger partial charge in [-0.2, -0.15) is 0 Å². The summed E-state index contributed by atoms with van der Waals surface area (Å²) in [5.74, 6) is 0. The Morgan fingerprint density at radius 1 is 0.137 bits per heavy atom. The van der Waals surface area contributed by atoms with Crippen molar-refractivity contribution in [3.63, 3.8) is 0 Å². The first kappa shape index (κ1) is 57.6. The highest BCUT2D eigenvalue weighted by Crippen LogP contribution is 2.53. The molecule has 0 fully saturated rings. The molecule has 0 aliphatic heterocycles. The number of benzene rings is 19. The zero-order valence-corrected chi connectivity index (χ0v) is 55.5. The molecule has 2 nitrogen and oxygen atoms in total. The maximum absolute atomic E-state index is 7.12. The maximum Gasteiger partial charge on any atom is 0.143 e. The molecule has 0 atom stereocenters. The summed E-state index contributed by atoms with van der Waals surface area (Å²) in [5, 5.41) is 21.2. The van der Waals surface area contributed by atoms with E-state index < -0.39 is 0 Å². The third-order valence-electron chi connectivity index (χ3n) is 21.6. The van der Waals surface area contributed by atoms with Crippen LogP contribution in [0.2, 0.25) is 0 Å². The molecule has 21 rings (SSSR count). The van der Waals surface area contributed by atoms with E-state index in [0.29, 0.717) is 0 Å². The van der Waals surface area contributed by atoms with E-state index in [4.69, 9.17) is 8.83 Å². The highest BCUT2D eigenvalue weighted by Gasteiger charge is 2.26. The summed E-state index contributed by atoms with van der Waals surface area (Å²) in [6.45, 7) is 0. The van der Waals surface area contributed by atoms with Crippen LogP contribution in [0.3, 0.4) is 0 Å². The molecule has 0 saturated carbocycles. The van der Waals surface area contributed by atoms with E-state index in [1.54, 1.807) is 0 Å². The molecule has 19 aromatic carbocycles. The summed E-state index contributed by atoms with van der Waals surface area (Å²) in [4.78, 5) is 0. The summed E-state index contributed by atoms with van der Waals surface area (Å²) in [7, 11) is 0. The number of para-hydroxylation sites is 2. The normalized spacial score (nSPS) is 11.9. The number of furan rings is 2. The molecule has 0 spiro atoms. The lowest BCUT2D eigenvalue weighted by Crippen LogP contribution is -1.95. The molecular weight excluding hydrogens is 1230 g/mol. The second-order valence-electron chi connectivity index (χ2n) is 27.2. The van der Waals surface area contributed by atoms with Crippen LogP contribution in [-0.2, 0) is 0 Å². The maximum atomic E-state index is 7.12. The summed E-state index contributed by atoms with van der Waals surface area (Å²) in [6.07, 6.45) is 0. The lowest BCUT2D eigenvalue weighted by atomic mass is 9.81. The highest BCUT2D eigenvalue weighted by atomic mass is 16.3. The fraction of sp³-hybridized carbons (Fsp3) is 0. The Balaban J connectivity index is 0.713.